The third-order valence-electron chi connectivity index (χ3n) is 13.4. The van der Waals surface area contributed by atoms with Crippen LogP contribution in [0.25, 0.3) is 113 Å². The summed E-state index contributed by atoms with van der Waals surface area (Å²) in [5, 5.41) is 14.8. The first-order valence-corrected chi connectivity index (χ1v) is 22.6. The largest absolute Gasteiger partial charge is 0.454 e. The molecule has 0 aliphatic rings. The Kier molecular flexibility index (Phi) is 7.56. The zero-order valence-electron chi connectivity index (χ0n) is 34.5. The molecule has 11 aromatic carbocycles. The van der Waals surface area contributed by atoms with Crippen molar-refractivity contribution in [1.29, 1.82) is 0 Å². The van der Waals surface area contributed by atoms with Gasteiger partial charge in [-0.05, 0) is 111 Å². The summed E-state index contributed by atoms with van der Waals surface area (Å²) in [6.07, 6.45) is 0. The quantitative estimate of drug-likeness (QED) is 0.161. The summed E-state index contributed by atoms with van der Waals surface area (Å²) in [6, 6.07) is 79.9. The van der Waals surface area contributed by atoms with Gasteiger partial charge in [0.2, 0.25) is 0 Å². The minimum absolute atomic E-state index is 0.866. The van der Waals surface area contributed by atoms with Gasteiger partial charge in [-0.25, -0.2) is 0 Å². The molecule has 14 rings (SSSR count). The summed E-state index contributed by atoms with van der Waals surface area (Å²) in [5.41, 5.74) is 10.7. The molecule has 4 heteroatoms. The van der Waals surface area contributed by atoms with E-state index in [-0.39, 0.29) is 0 Å². The molecule has 0 radical (unpaired) electrons. The highest BCUT2D eigenvalue weighted by molar-refractivity contribution is 7.25. The number of rotatable bonds is 5. The Morgan fingerprint density at radius 3 is 1.59 bits per heavy atom. The van der Waals surface area contributed by atoms with E-state index in [0.29, 0.717) is 0 Å². The third kappa shape index (κ3) is 5.15. The maximum Gasteiger partial charge on any atom is 0.159 e. The number of nitrogens with zero attached hydrogens (tertiary/aromatic N) is 2. The average Bonchev–Trinajstić information content (AvgIpc) is 4.04. The number of hydrogen-bond acceptors (Lipinski definition) is 3. The zero-order valence-corrected chi connectivity index (χ0v) is 35.3. The number of hydrogen-bond donors (Lipinski definition) is 0. The highest BCUT2D eigenvalue weighted by Gasteiger charge is 2.23. The highest BCUT2D eigenvalue weighted by atomic mass is 32.1. The van der Waals surface area contributed by atoms with Crippen LogP contribution in [0.15, 0.2) is 223 Å². The smallest absolute Gasteiger partial charge is 0.159 e. The van der Waals surface area contributed by atoms with Crippen LogP contribution >= 0.6 is 11.3 Å². The number of anilines is 3. The van der Waals surface area contributed by atoms with Gasteiger partial charge in [-0.15, -0.1) is 11.3 Å². The number of para-hydroxylation sites is 4. The van der Waals surface area contributed by atoms with Gasteiger partial charge in [0.25, 0.3) is 0 Å². The van der Waals surface area contributed by atoms with Crippen LogP contribution in [-0.2, 0) is 0 Å². The summed E-state index contributed by atoms with van der Waals surface area (Å²) in [5.74, 6) is 0. The average molecular weight is 833 g/mol. The van der Waals surface area contributed by atoms with Crippen molar-refractivity contribution >= 4 is 125 Å². The zero-order chi connectivity index (χ0) is 41.9. The van der Waals surface area contributed by atoms with Crippen LogP contribution in [0, 0.1) is 0 Å². The molecule has 0 amide bonds. The lowest BCUT2D eigenvalue weighted by molar-refractivity contribution is 0.669. The van der Waals surface area contributed by atoms with Gasteiger partial charge in [-0.2, -0.15) is 0 Å². The van der Waals surface area contributed by atoms with Crippen LogP contribution in [0.3, 0.4) is 0 Å². The molecular weight excluding hydrogens is 797 g/mol. The Bertz CT molecular complexity index is 4160. The van der Waals surface area contributed by atoms with Crippen LogP contribution in [0.1, 0.15) is 0 Å². The monoisotopic (exact) mass is 832 g/mol. The number of aromatic nitrogens is 1. The molecule has 0 N–H and O–H groups in total. The van der Waals surface area contributed by atoms with Crippen molar-refractivity contribution in [3.63, 3.8) is 0 Å². The van der Waals surface area contributed by atoms with Gasteiger partial charge in [0.15, 0.2) is 5.58 Å². The van der Waals surface area contributed by atoms with E-state index < -0.39 is 0 Å². The van der Waals surface area contributed by atoms with E-state index >= 15 is 0 Å². The Morgan fingerprint density at radius 2 is 0.891 bits per heavy atom. The maximum absolute atomic E-state index is 6.73. The van der Waals surface area contributed by atoms with Crippen LogP contribution in [-0.4, -0.2) is 4.57 Å². The first kappa shape index (κ1) is 35.4. The molecule has 0 bridgehead atoms. The molecule has 0 aliphatic carbocycles. The van der Waals surface area contributed by atoms with E-state index in [1.807, 2.05) is 17.4 Å². The number of thiophene rings is 1. The fourth-order valence-electron chi connectivity index (χ4n) is 10.5. The predicted molar refractivity (Wildman–Crippen MR) is 274 cm³/mol. The SMILES string of the molecule is c1ccc2c(c1)oc1c(N(c3ccc(-c4cc5c6ccccc6c6ccccc6c5cc4-n4c5ccccc5c5ccccc54)cc3)c3ccc4sc5ccccc5c4c3)cccc12. The molecule has 0 fully saturated rings. The van der Waals surface area contributed by atoms with E-state index in [4.69, 9.17) is 4.42 Å². The van der Waals surface area contributed by atoms with Gasteiger partial charge in [-0.3, -0.25) is 0 Å². The lowest BCUT2D eigenvalue weighted by Gasteiger charge is -2.26. The Balaban J connectivity index is 1.03. The molecule has 298 valence electrons. The second-order valence-corrected chi connectivity index (χ2v) is 17.9. The Hall–Kier alpha value is -8.18. The first-order chi connectivity index (χ1) is 31.7. The minimum Gasteiger partial charge on any atom is -0.454 e. The molecule has 0 aliphatic heterocycles. The predicted octanol–water partition coefficient (Wildman–Crippen LogP) is 17.6. The number of furan rings is 1. The van der Waals surface area contributed by atoms with Crippen molar-refractivity contribution in [2.75, 3.05) is 4.90 Å². The second kappa shape index (κ2) is 13.7. The van der Waals surface area contributed by atoms with Crippen LogP contribution < -0.4 is 4.90 Å². The van der Waals surface area contributed by atoms with Crippen molar-refractivity contribution in [3.05, 3.63) is 218 Å². The molecule has 64 heavy (non-hydrogen) atoms. The van der Waals surface area contributed by atoms with Gasteiger partial charge in [0.1, 0.15) is 5.58 Å². The number of benzene rings is 11. The molecule has 3 heterocycles. The number of fused-ring (bicyclic) bond motifs is 15. The maximum atomic E-state index is 6.73. The molecule has 3 nitrogen and oxygen atoms in total. The van der Waals surface area contributed by atoms with Crippen molar-refractivity contribution in [3.8, 4) is 16.8 Å². The molecule has 0 saturated heterocycles. The van der Waals surface area contributed by atoms with Crippen molar-refractivity contribution in [2.45, 2.75) is 0 Å². The molecule has 0 spiro atoms. The lowest BCUT2D eigenvalue weighted by Crippen LogP contribution is -2.10. The Labute approximate surface area is 371 Å². The summed E-state index contributed by atoms with van der Waals surface area (Å²) >= 11 is 1.84. The lowest BCUT2D eigenvalue weighted by atomic mass is 9.91. The van der Waals surface area contributed by atoms with Gasteiger partial charge < -0.3 is 13.9 Å². The molecule has 0 atom stereocenters. The van der Waals surface area contributed by atoms with Crippen molar-refractivity contribution in [2.24, 2.45) is 0 Å². The van der Waals surface area contributed by atoms with Gasteiger partial charge >= 0.3 is 0 Å². The summed E-state index contributed by atoms with van der Waals surface area (Å²) in [7, 11) is 0. The van der Waals surface area contributed by atoms with Gasteiger partial charge in [-0.1, -0.05) is 146 Å². The molecule has 14 aromatic rings. The van der Waals surface area contributed by atoms with E-state index in [2.05, 4.69) is 222 Å². The molecular formula is C60H36N2OS. The highest BCUT2D eigenvalue weighted by Crippen LogP contribution is 2.47. The summed E-state index contributed by atoms with van der Waals surface area (Å²) in [4.78, 5) is 2.37. The van der Waals surface area contributed by atoms with Crippen LogP contribution in [0.2, 0.25) is 0 Å². The van der Waals surface area contributed by atoms with Crippen molar-refractivity contribution in [1.82, 2.24) is 4.57 Å². The van der Waals surface area contributed by atoms with E-state index in [1.165, 1.54) is 79.9 Å². The van der Waals surface area contributed by atoms with Gasteiger partial charge in [0.05, 0.1) is 22.4 Å². The first-order valence-electron chi connectivity index (χ1n) is 21.8. The topological polar surface area (TPSA) is 21.3 Å². The van der Waals surface area contributed by atoms with Crippen molar-refractivity contribution < 1.29 is 4.42 Å². The van der Waals surface area contributed by atoms with Crippen LogP contribution in [0.4, 0.5) is 17.1 Å². The fraction of sp³-hybridized carbons (Fsp3) is 0. The van der Waals surface area contributed by atoms with Gasteiger partial charge in [0, 0.05) is 58.7 Å². The van der Waals surface area contributed by atoms with E-state index in [1.54, 1.807) is 0 Å². The second-order valence-electron chi connectivity index (χ2n) is 16.8. The van der Waals surface area contributed by atoms with Crippen LogP contribution in [0.5, 0.6) is 0 Å². The third-order valence-corrected chi connectivity index (χ3v) is 14.5. The Morgan fingerprint density at radius 1 is 0.359 bits per heavy atom. The molecule has 0 saturated carbocycles. The molecule has 0 unspecified atom stereocenters. The molecule has 3 aromatic heterocycles. The van der Waals surface area contributed by atoms with E-state index in [9.17, 15) is 0 Å². The standard InChI is InChI=1S/C60H36N2OS/c1-3-16-42-40(14-1)41-15-2-4-17-43(41)51-36-56(62-53-23-9-5-18-44(53)45-19-6-10-24-54(45)62)49(35-50(42)51)37-28-30-38(31-29-37)61(39-32-33-59-52(34-39)47-21-8-12-27-58(47)64-59)55-25-13-22-48-46-20-7-11-26-57(46)63-60(48)55/h1-36H. The summed E-state index contributed by atoms with van der Waals surface area (Å²) < 4.78 is 11.8. The van der Waals surface area contributed by atoms with E-state index in [0.717, 1.165) is 50.3 Å². The normalized spacial score (nSPS) is 12.1. The minimum atomic E-state index is 0.866. The summed E-state index contributed by atoms with van der Waals surface area (Å²) in [6.45, 7) is 0. The fourth-order valence-corrected chi connectivity index (χ4v) is 11.6.